The highest BCUT2D eigenvalue weighted by molar-refractivity contribution is 5.52. The van der Waals surface area contributed by atoms with Gasteiger partial charge in [-0.1, -0.05) is 18.2 Å². The molecule has 0 aliphatic rings. The van der Waals surface area contributed by atoms with E-state index in [4.69, 9.17) is 5.73 Å². The molecule has 84 valence electrons. The van der Waals surface area contributed by atoms with Crippen molar-refractivity contribution in [2.45, 2.75) is 18.9 Å². The van der Waals surface area contributed by atoms with Gasteiger partial charge in [-0.15, -0.1) is 0 Å². The first-order valence-electron chi connectivity index (χ1n) is 4.81. The molecule has 0 saturated carbocycles. The maximum atomic E-state index is 12.3. The van der Waals surface area contributed by atoms with Crippen LogP contribution in [0, 0.1) is 0 Å². The van der Waals surface area contributed by atoms with Gasteiger partial charge in [-0.2, -0.15) is 0 Å². The lowest BCUT2D eigenvalue weighted by Gasteiger charge is -2.19. The monoisotopic (exact) mass is 214 g/mol. The Kier molecular flexibility index (Phi) is 4.03. The van der Waals surface area contributed by atoms with Crippen LogP contribution in [0.15, 0.2) is 24.3 Å². The Morgan fingerprint density at radius 1 is 1.27 bits per heavy atom. The van der Waals surface area contributed by atoms with Crippen LogP contribution in [0.1, 0.15) is 5.56 Å². The average Bonchev–Trinajstić information content (AvgIpc) is 2.18. The Labute approximate surface area is 88.7 Å². The molecule has 0 aliphatic carbocycles. The summed E-state index contributed by atoms with van der Waals surface area (Å²) in [5, 5.41) is 0. The van der Waals surface area contributed by atoms with Crippen LogP contribution in [0.4, 0.5) is 14.5 Å². The highest BCUT2D eigenvalue weighted by Gasteiger charge is 2.17. The van der Waals surface area contributed by atoms with Gasteiger partial charge in [-0.05, 0) is 18.1 Å². The Bertz CT molecular complexity index is 313. The van der Waals surface area contributed by atoms with Crippen molar-refractivity contribution >= 4 is 5.69 Å². The number of hydrogen-bond donors (Lipinski definition) is 1. The number of halogens is 2. The Hall–Kier alpha value is -1.16. The number of alkyl halides is 2. The predicted octanol–water partition coefficient (Wildman–Crippen LogP) is 1.89. The molecular weight excluding hydrogens is 198 g/mol. The van der Waals surface area contributed by atoms with Gasteiger partial charge < -0.3 is 10.6 Å². The molecule has 2 nitrogen and oxygen atoms in total. The molecule has 1 aromatic rings. The van der Waals surface area contributed by atoms with E-state index in [-0.39, 0.29) is 6.42 Å². The summed E-state index contributed by atoms with van der Waals surface area (Å²) >= 11 is 0. The number of hydrogen-bond acceptors (Lipinski definition) is 2. The van der Waals surface area contributed by atoms with Crippen LogP contribution in [0.2, 0.25) is 0 Å². The minimum absolute atomic E-state index is 0.200. The Morgan fingerprint density at radius 2 is 1.87 bits per heavy atom. The summed E-state index contributed by atoms with van der Waals surface area (Å²) in [5.74, 6) is 0. The molecule has 0 saturated heterocycles. The minimum atomic E-state index is -2.47. The second-order valence-corrected chi connectivity index (χ2v) is 3.73. The zero-order valence-electron chi connectivity index (χ0n) is 8.95. The fourth-order valence-electron chi connectivity index (χ4n) is 1.46. The standard InChI is InChI=1S/C11H16F2N2/c1-15(2)10-6-4-3-5-8(10)7-9(14)11(12)13/h3-6,9,11H,7,14H2,1-2H3. The third kappa shape index (κ3) is 3.16. The van der Waals surface area contributed by atoms with Crippen molar-refractivity contribution < 1.29 is 8.78 Å². The van der Waals surface area contributed by atoms with Crippen molar-refractivity contribution in [3.8, 4) is 0 Å². The summed E-state index contributed by atoms with van der Waals surface area (Å²) in [6.45, 7) is 0. The second-order valence-electron chi connectivity index (χ2n) is 3.73. The smallest absolute Gasteiger partial charge is 0.253 e. The van der Waals surface area contributed by atoms with Gasteiger partial charge in [0.25, 0.3) is 6.43 Å². The highest BCUT2D eigenvalue weighted by atomic mass is 19.3. The van der Waals surface area contributed by atoms with Gasteiger partial charge >= 0.3 is 0 Å². The van der Waals surface area contributed by atoms with Crippen LogP contribution >= 0.6 is 0 Å². The lowest BCUT2D eigenvalue weighted by Crippen LogP contribution is -2.31. The summed E-state index contributed by atoms with van der Waals surface area (Å²) in [4.78, 5) is 1.90. The van der Waals surface area contributed by atoms with Crippen molar-refractivity contribution in [1.82, 2.24) is 0 Å². The molecule has 2 N–H and O–H groups in total. The minimum Gasteiger partial charge on any atom is -0.377 e. The lowest BCUT2D eigenvalue weighted by atomic mass is 10.0. The second kappa shape index (κ2) is 5.07. The SMILES string of the molecule is CN(C)c1ccccc1CC(N)C(F)F. The third-order valence-electron chi connectivity index (χ3n) is 2.25. The normalized spacial score (nSPS) is 12.9. The molecule has 4 heteroatoms. The molecule has 1 rings (SSSR count). The quantitative estimate of drug-likeness (QED) is 0.829. The highest BCUT2D eigenvalue weighted by Crippen LogP contribution is 2.20. The van der Waals surface area contributed by atoms with E-state index < -0.39 is 12.5 Å². The van der Waals surface area contributed by atoms with Crippen molar-refractivity contribution in [2.75, 3.05) is 19.0 Å². The van der Waals surface area contributed by atoms with E-state index >= 15 is 0 Å². The van der Waals surface area contributed by atoms with Crippen LogP contribution < -0.4 is 10.6 Å². The summed E-state index contributed by atoms with van der Waals surface area (Å²) in [5.41, 5.74) is 7.14. The first-order chi connectivity index (χ1) is 7.02. The molecule has 1 unspecified atom stereocenters. The Balaban J connectivity index is 2.84. The summed E-state index contributed by atoms with van der Waals surface area (Å²) in [6, 6.07) is 6.35. The van der Waals surface area contributed by atoms with E-state index in [0.717, 1.165) is 11.3 Å². The summed E-state index contributed by atoms with van der Waals surface area (Å²) in [7, 11) is 3.76. The van der Waals surface area contributed by atoms with Crippen LogP contribution in [0.5, 0.6) is 0 Å². The number of benzene rings is 1. The van der Waals surface area contributed by atoms with Crippen LogP contribution in [0.25, 0.3) is 0 Å². The van der Waals surface area contributed by atoms with Crippen molar-refractivity contribution in [3.63, 3.8) is 0 Å². The van der Waals surface area contributed by atoms with Crippen LogP contribution in [-0.4, -0.2) is 26.6 Å². The van der Waals surface area contributed by atoms with Gasteiger partial charge in [-0.25, -0.2) is 8.78 Å². The van der Waals surface area contributed by atoms with Crippen LogP contribution in [0.3, 0.4) is 0 Å². The number of anilines is 1. The van der Waals surface area contributed by atoms with Gasteiger partial charge in [0, 0.05) is 19.8 Å². The summed E-state index contributed by atoms with van der Waals surface area (Å²) < 4.78 is 24.6. The fraction of sp³-hybridized carbons (Fsp3) is 0.455. The number of nitrogens with two attached hydrogens (primary N) is 1. The van der Waals surface area contributed by atoms with Crippen molar-refractivity contribution in [2.24, 2.45) is 5.73 Å². The molecule has 0 amide bonds. The first-order valence-corrected chi connectivity index (χ1v) is 4.81. The molecule has 0 aliphatic heterocycles. The predicted molar refractivity (Wildman–Crippen MR) is 58.5 cm³/mol. The van der Waals surface area contributed by atoms with E-state index in [1.54, 1.807) is 0 Å². The largest absolute Gasteiger partial charge is 0.377 e. The van der Waals surface area contributed by atoms with Gasteiger partial charge in [0.05, 0.1) is 6.04 Å². The molecule has 15 heavy (non-hydrogen) atoms. The van der Waals surface area contributed by atoms with Gasteiger partial charge in [-0.3, -0.25) is 0 Å². The molecular formula is C11H16F2N2. The van der Waals surface area contributed by atoms with Gasteiger partial charge in [0.1, 0.15) is 0 Å². The van der Waals surface area contributed by atoms with Crippen molar-refractivity contribution in [3.05, 3.63) is 29.8 Å². The van der Waals surface area contributed by atoms with E-state index in [0.29, 0.717) is 0 Å². The maximum absolute atomic E-state index is 12.3. The molecule has 0 aromatic heterocycles. The number of rotatable bonds is 4. The zero-order chi connectivity index (χ0) is 11.4. The maximum Gasteiger partial charge on any atom is 0.253 e. The summed E-state index contributed by atoms with van der Waals surface area (Å²) in [6.07, 6.45) is -2.27. The Morgan fingerprint density at radius 3 is 2.40 bits per heavy atom. The zero-order valence-corrected chi connectivity index (χ0v) is 8.95. The fourth-order valence-corrected chi connectivity index (χ4v) is 1.46. The van der Waals surface area contributed by atoms with E-state index in [1.807, 2.05) is 43.3 Å². The van der Waals surface area contributed by atoms with E-state index in [9.17, 15) is 8.78 Å². The number of nitrogens with zero attached hydrogens (tertiary/aromatic N) is 1. The van der Waals surface area contributed by atoms with E-state index in [2.05, 4.69) is 0 Å². The number of para-hydroxylation sites is 1. The molecule has 0 heterocycles. The molecule has 0 spiro atoms. The van der Waals surface area contributed by atoms with Gasteiger partial charge in [0.15, 0.2) is 0 Å². The van der Waals surface area contributed by atoms with Gasteiger partial charge in [0.2, 0.25) is 0 Å². The average molecular weight is 214 g/mol. The topological polar surface area (TPSA) is 29.3 Å². The van der Waals surface area contributed by atoms with Crippen molar-refractivity contribution in [1.29, 1.82) is 0 Å². The first kappa shape index (κ1) is 11.9. The third-order valence-corrected chi connectivity index (χ3v) is 2.25. The molecule has 0 bridgehead atoms. The van der Waals surface area contributed by atoms with Crippen LogP contribution in [-0.2, 0) is 6.42 Å². The van der Waals surface area contributed by atoms with E-state index in [1.165, 1.54) is 0 Å². The lowest BCUT2D eigenvalue weighted by molar-refractivity contribution is 0.116. The molecule has 1 aromatic carbocycles. The molecule has 1 atom stereocenters. The molecule has 0 fully saturated rings. The molecule has 0 radical (unpaired) electrons.